The van der Waals surface area contributed by atoms with Gasteiger partial charge in [-0.25, -0.2) is 19.4 Å². The summed E-state index contributed by atoms with van der Waals surface area (Å²) in [5, 5.41) is 7.54. The van der Waals surface area contributed by atoms with E-state index in [-0.39, 0.29) is 29.8 Å². The van der Waals surface area contributed by atoms with Gasteiger partial charge in [0.05, 0.1) is 17.9 Å². The van der Waals surface area contributed by atoms with Gasteiger partial charge in [-0.15, -0.1) is 35.3 Å². The Kier molecular flexibility index (Phi) is 9.02. The van der Waals surface area contributed by atoms with E-state index in [4.69, 9.17) is 4.42 Å². The summed E-state index contributed by atoms with van der Waals surface area (Å²) in [7, 11) is 0. The third-order valence-electron chi connectivity index (χ3n) is 4.11. The Balaban J connectivity index is 0.00000300. The van der Waals surface area contributed by atoms with E-state index in [9.17, 15) is 4.39 Å². The fourth-order valence-corrected chi connectivity index (χ4v) is 3.41. The highest BCUT2D eigenvalue weighted by Gasteiger charge is 2.08. The zero-order valence-corrected chi connectivity index (χ0v) is 19.8. The lowest BCUT2D eigenvalue weighted by molar-refractivity contribution is 0.571. The Morgan fingerprint density at radius 2 is 1.93 bits per heavy atom. The molecule has 0 spiro atoms. The van der Waals surface area contributed by atoms with Crippen LogP contribution in [0.1, 0.15) is 28.2 Å². The van der Waals surface area contributed by atoms with E-state index in [1.165, 1.54) is 17.0 Å². The van der Waals surface area contributed by atoms with Crippen molar-refractivity contribution >= 4 is 41.3 Å². The van der Waals surface area contributed by atoms with Crippen LogP contribution in [-0.4, -0.2) is 29.0 Å². The van der Waals surface area contributed by atoms with Crippen molar-refractivity contribution in [3.8, 4) is 11.5 Å². The van der Waals surface area contributed by atoms with Gasteiger partial charge in [0, 0.05) is 30.0 Å². The number of nitrogens with one attached hydrogen (secondary N) is 2. The lowest BCUT2D eigenvalue weighted by Gasteiger charge is -2.10. The second-order valence-electron chi connectivity index (χ2n) is 6.27. The molecule has 0 bridgehead atoms. The zero-order valence-electron chi connectivity index (χ0n) is 16.7. The van der Waals surface area contributed by atoms with Crippen molar-refractivity contribution in [3.63, 3.8) is 0 Å². The Morgan fingerprint density at radius 3 is 2.59 bits per heavy atom. The molecule has 0 aliphatic carbocycles. The van der Waals surface area contributed by atoms with Crippen molar-refractivity contribution in [3.05, 3.63) is 57.6 Å². The Labute approximate surface area is 191 Å². The Hall–Kier alpha value is -2.01. The summed E-state index contributed by atoms with van der Waals surface area (Å²) >= 11 is 1.68. The minimum absolute atomic E-state index is 0. The number of hydrogen-bond acceptors (Lipinski definition) is 5. The summed E-state index contributed by atoms with van der Waals surface area (Å²) in [5.74, 6) is 0.957. The third-order valence-corrected chi connectivity index (χ3v) is 5.16. The molecule has 3 rings (SSSR count). The molecule has 3 aromatic rings. The molecule has 0 saturated carbocycles. The highest BCUT2D eigenvalue weighted by atomic mass is 127. The number of aliphatic imine (C=N–C) groups is 1. The lowest BCUT2D eigenvalue weighted by Crippen LogP contribution is -2.38. The minimum atomic E-state index is -0.280. The fraction of sp³-hybridized carbons (Fsp3) is 0.350. The van der Waals surface area contributed by atoms with E-state index in [0.717, 1.165) is 34.5 Å². The first kappa shape index (κ1) is 23.3. The summed E-state index contributed by atoms with van der Waals surface area (Å²) in [5.41, 5.74) is 2.65. The van der Waals surface area contributed by atoms with Crippen LogP contribution < -0.4 is 10.6 Å². The molecule has 0 aliphatic rings. The Bertz CT molecular complexity index is 919. The van der Waals surface area contributed by atoms with Gasteiger partial charge in [-0.3, -0.25) is 0 Å². The molecule has 0 amide bonds. The molecular formula is C20H25FIN5OS. The van der Waals surface area contributed by atoms with Gasteiger partial charge in [0.2, 0.25) is 5.89 Å². The van der Waals surface area contributed by atoms with Crippen LogP contribution in [0.25, 0.3) is 11.5 Å². The fourth-order valence-electron chi connectivity index (χ4n) is 2.55. The number of aryl methyl sites for hydroxylation is 2. The predicted octanol–water partition coefficient (Wildman–Crippen LogP) is 4.47. The summed E-state index contributed by atoms with van der Waals surface area (Å²) in [6.07, 6.45) is 2.32. The summed E-state index contributed by atoms with van der Waals surface area (Å²) < 4.78 is 18.5. The van der Waals surface area contributed by atoms with Gasteiger partial charge in [0.1, 0.15) is 17.1 Å². The SMILES string of the molecule is CCNC(=NCc1nc(C)c(C)s1)NCCc1coc(-c2ccc(F)cc2)n1.I. The van der Waals surface area contributed by atoms with E-state index < -0.39 is 0 Å². The Morgan fingerprint density at radius 1 is 1.17 bits per heavy atom. The third kappa shape index (κ3) is 6.77. The maximum absolute atomic E-state index is 13.0. The molecule has 0 aliphatic heterocycles. The van der Waals surface area contributed by atoms with Crippen LogP contribution in [0, 0.1) is 19.7 Å². The van der Waals surface area contributed by atoms with Crippen molar-refractivity contribution in [1.29, 1.82) is 0 Å². The van der Waals surface area contributed by atoms with Crippen molar-refractivity contribution in [2.24, 2.45) is 4.99 Å². The van der Waals surface area contributed by atoms with Gasteiger partial charge in [-0.2, -0.15) is 0 Å². The monoisotopic (exact) mass is 529 g/mol. The molecule has 9 heteroatoms. The maximum Gasteiger partial charge on any atom is 0.226 e. The smallest absolute Gasteiger partial charge is 0.226 e. The number of oxazole rings is 1. The van der Waals surface area contributed by atoms with Crippen LogP contribution in [0.5, 0.6) is 0 Å². The van der Waals surface area contributed by atoms with Crippen LogP contribution in [-0.2, 0) is 13.0 Å². The van der Waals surface area contributed by atoms with Crippen LogP contribution in [0.3, 0.4) is 0 Å². The standard InChI is InChI=1S/C20H24FN5OS.HI/c1-4-22-20(24-11-18-25-13(2)14(3)28-18)23-10-9-17-12-27-19(26-17)15-5-7-16(21)8-6-15;/h5-8,12H,4,9-11H2,1-3H3,(H2,22,23,24);1H. The number of aromatic nitrogens is 2. The van der Waals surface area contributed by atoms with Crippen LogP contribution >= 0.6 is 35.3 Å². The van der Waals surface area contributed by atoms with Gasteiger partial charge < -0.3 is 15.1 Å². The van der Waals surface area contributed by atoms with E-state index >= 15 is 0 Å². The van der Waals surface area contributed by atoms with E-state index in [0.29, 0.717) is 25.4 Å². The minimum Gasteiger partial charge on any atom is -0.444 e. The molecule has 1 aromatic carbocycles. The van der Waals surface area contributed by atoms with Gasteiger partial charge in [-0.05, 0) is 45.0 Å². The topological polar surface area (TPSA) is 75.3 Å². The van der Waals surface area contributed by atoms with E-state index in [2.05, 4.69) is 32.5 Å². The molecular weight excluding hydrogens is 504 g/mol. The molecule has 29 heavy (non-hydrogen) atoms. The van der Waals surface area contributed by atoms with Gasteiger partial charge >= 0.3 is 0 Å². The molecule has 2 N–H and O–H groups in total. The number of nitrogens with zero attached hydrogens (tertiary/aromatic N) is 3. The first-order chi connectivity index (χ1) is 13.5. The van der Waals surface area contributed by atoms with Crippen LogP contribution in [0.4, 0.5) is 4.39 Å². The van der Waals surface area contributed by atoms with E-state index in [1.807, 2.05) is 13.8 Å². The first-order valence-electron chi connectivity index (χ1n) is 9.20. The molecule has 0 fully saturated rings. The summed E-state index contributed by atoms with van der Waals surface area (Å²) in [6.45, 7) is 8.11. The molecule has 156 valence electrons. The van der Waals surface area contributed by atoms with Crippen molar-refractivity contribution < 1.29 is 8.81 Å². The van der Waals surface area contributed by atoms with Crippen molar-refractivity contribution in [1.82, 2.24) is 20.6 Å². The highest BCUT2D eigenvalue weighted by Crippen LogP contribution is 2.19. The number of hydrogen-bond donors (Lipinski definition) is 2. The average molecular weight is 529 g/mol. The number of rotatable bonds is 7. The molecule has 0 radical (unpaired) electrons. The second kappa shape index (κ2) is 11.2. The highest BCUT2D eigenvalue weighted by molar-refractivity contribution is 14.0. The first-order valence-corrected chi connectivity index (χ1v) is 10.0. The number of benzene rings is 1. The quantitative estimate of drug-likeness (QED) is 0.269. The number of guanidine groups is 1. The molecule has 2 heterocycles. The van der Waals surface area contributed by atoms with Crippen molar-refractivity contribution in [2.45, 2.75) is 33.7 Å². The molecule has 0 atom stereocenters. The predicted molar refractivity (Wildman–Crippen MR) is 125 cm³/mol. The summed E-state index contributed by atoms with van der Waals surface area (Å²) in [4.78, 5) is 14.8. The summed E-state index contributed by atoms with van der Waals surface area (Å²) in [6, 6.07) is 6.10. The second-order valence-corrected chi connectivity index (χ2v) is 7.56. The average Bonchev–Trinajstić information content (AvgIpc) is 3.27. The van der Waals surface area contributed by atoms with Crippen LogP contribution in [0.2, 0.25) is 0 Å². The van der Waals surface area contributed by atoms with Crippen LogP contribution in [0.15, 0.2) is 39.9 Å². The van der Waals surface area contributed by atoms with E-state index in [1.54, 1.807) is 29.7 Å². The largest absolute Gasteiger partial charge is 0.444 e. The molecule has 2 aromatic heterocycles. The maximum atomic E-state index is 13.0. The molecule has 6 nitrogen and oxygen atoms in total. The zero-order chi connectivity index (χ0) is 19.9. The normalized spacial score (nSPS) is 11.2. The number of halogens is 2. The number of thiazole rings is 1. The van der Waals surface area contributed by atoms with Gasteiger partial charge in [0.15, 0.2) is 5.96 Å². The van der Waals surface area contributed by atoms with Crippen molar-refractivity contribution in [2.75, 3.05) is 13.1 Å². The molecule has 0 unspecified atom stereocenters. The lowest BCUT2D eigenvalue weighted by atomic mass is 10.2. The molecule has 0 saturated heterocycles. The van der Waals surface area contributed by atoms with Gasteiger partial charge in [0.25, 0.3) is 0 Å². The van der Waals surface area contributed by atoms with Gasteiger partial charge in [-0.1, -0.05) is 0 Å².